The molecule has 8 nitrogen and oxygen atoms in total. The van der Waals surface area contributed by atoms with Gasteiger partial charge in [-0.2, -0.15) is 18.2 Å². The molecule has 190 valence electrons. The molecule has 3 N–H and O–H groups in total. The monoisotopic (exact) mass is 583 g/mol. The summed E-state index contributed by atoms with van der Waals surface area (Å²) in [6.07, 6.45) is -3.04. The van der Waals surface area contributed by atoms with Crippen LogP contribution in [0.4, 0.5) is 19.1 Å². The lowest BCUT2D eigenvalue weighted by Crippen LogP contribution is -2.19. The van der Waals surface area contributed by atoms with Gasteiger partial charge in [0, 0.05) is 35.6 Å². The topological polar surface area (TPSA) is 117 Å². The number of nitrogens with one attached hydrogen (secondary N) is 3. The Morgan fingerprint density at radius 2 is 1.75 bits per heavy atom. The minimum absolute atomic E-state index is 0.228. The molecule has 0 atom stereocenters. The second kappa shape index (κ2) is 10.7. The van der Waals surface area contributed by atoms with E-state index in [2.05, 4.69) is 35.9 Å². The van der Waals surface area contributed by atoms with Gasteiger partial charge < -0.3 is 15.5 Å². The summed E-state index contributed by atoms with van der Waals surface area (Å²) < 4.78 is 74.1. The standard InChI is InChI=1S/C23H21BrF3N5O3S/c1-13-6-4-7-14(2)20(13)17-10-19(35-18-9-5-8-16(24)21(18)23(25,26)27)31-22(30-17)32-36(33,34)15(11-28)12-29-3/h4-12,28-29H,1-3H3,(H,30,31,32)/b15-12+,28-11?. The fourth-order valence-electron chi connectivity index (χ4n) is 3.36. The van der Waals surface area contributed by atoms with Crippen LogP contribution in [0.25, 0.3) is 11.3 Å². The van der Waals surface area contributed by atoms with Crippen molar-refractivity contribution in [2.24, 2.45) is 0 Å². The van der Waals surface area contributed by atoms with E-state index < -0.39 is 38.4 Å². The first-order chi connectivity index (χ1) is 16.9. The van der Waals surface area contributed by atoms with E-state index in [1.807, 2.05) is 32.0 Å². The first kappa shape index (κ1) is 27.1. The smallest absolute Gasteiger partial charge is 0.421 e. The number of sulfonamides is 1. The van der Waals surface area contributed by atoms with Gasteiger partial charge in [0.1, 0.15) is 16.2 Å². The minimum atomic E-state index is -4.74. The number of halogens is 4. The Morgan fingerprint density at radius 3 is 2.33 bits per heavy atom. The van der Waals surface area contributed by atoms with Crippen LogP contribution in [0.5, 0.6) is 11.6 Å². The van der Waals surface area contributed by atoms with Crippen molar-refractivity contribution in [1.82, 2.24) is 15.3 Å². The molecule has 0 radical (unpaired) electrons. The molecule has 0 unspecified atom stereocenters. The maximum atomic E-state index is 13.7. The normalized spacial score (nSPS) is 12.2. The van der Waals surface area contributed by atoms with Gasteiger partial charge in [0.2, 0.25) is 11.8 Å². The van der Waals surface area contributed by atoms with Crippen molar-refractivity contribution in [2.75, 3.05) is 11.8 Å². The third kappa shape index (κ3) is 6.02. The Morgan fingerprint density at radius 1 is 1.11 bits per heavy atom. The Kier molecular flexibility index (Phi) is 8.04. The Balaban J connectivity index is 2.20. The highest BCUT2D eigenvalue weighted by Crippen LogP contribution is 2.42. The molecular formula is C23H21BrF3N5O3S. The molecule has 0 aliphatic rings. The molecule has 0 aliphatic heterocycles. The van der Waals surface area contributed by atoms with E-state index in [0.717, 1.165) is 23.4 Å². The van der Waals surface area contributed by atoms with Crippen molar-refractivity contribution in [3.05, 3.63) is 74.7 Å². The number of hydrogen-bond donors (Lipinski definition) is 3. The van der Waals surface area contributed by atoms with Gasteiger partial charge in [0.05, 0.1) is 5.69 Å². The zero-order chi connectivity index (χ0) is 26.7. The van der Waals surface area contributed by atoms with Crippen LogP contribution in [0.1, 0.15) is 16.7 Å². The van der Waals surface area contributed by atoms with Gasteiger partial charge in [-0.05, 0) is 37.1 Å². The number of allylic oxidation sites excluding steroid dienone is 1. The third-order valence-electron chi connectivity index (χ3n) is 4.88. The van der Waals surface area contributed by atoms with Crippen LogP contribution in [0.3, 0.4) is 0 Å². The first-order valence-corrected chi connectivity index (χ1v) is 12.5. The zero-order valence-electron chi connectivity index (χ0n) is 19.2. The van der Waals surface area contributed by atoms with Crippen molar-refractivity contribution >= 4 is 38.1 Å². The van der Waals surface area contributed by atoms with Crippen molar-refractivity contribution in [3.8, 4) is 22.9 Å². The molecule has 3 aromatic rings. The van der Waals surface area contributed by atoms with Crippen LogP contribution in [-0.4, -0.2) is 31.6 Å². The van der Waals surface area contributed by atoms with E-state index in [1.54, 1.807) is 0 Å². The van der Waals surface area contributed by atoms with Gasteiger partial charge in [-0.1, -0.05) is 40.2 Å². The average molecular weight is 584 g/mol. The number of alkyl halides is 3. The van der Waals surface area contributed by atoms with Crippen molar-refractivity contribution in [3.63, 3.8) is 0 Å². The molecule has 0 spiro atoms. The number of aromatic nitrogens is 2. The number of benzene rings is 2. The molecule has 0 bridgehead atoms. The first-order valence-electron chi connectivity index (χ1n) is 10.3. The van der Waals surface area contributed by atoms with E-state index in [-0.39, 0.29) is 16.0 Å². The summed E-state index contributed by atoms with van der Waals surface area (Å²) in [5.74, 6) is -1.30. The van der Waals surface area contributed by atoms with Gasteiger partial charge in [0.25, 0.3) is 10.0 Å². The van der Waals surface area contributed by atoms with E-state index in [1.165, 1.54) is 25.2 Å². The van der Waals surface area contributed by atoms with E-state index in [9.17, 15) is 21.6 Å². The molecule has 0 fully saturated rings. The summed E-state index contributed by atoms with van der Waals surface area (Å²) in [6.45, 7) is 3.63. The number of nitrogens with zero attached hydrogens (tertiary/aromatic N) is 2. The summed E-state index contributed by atoms with van der Waals surface area (Å²) in [5, 5.41) is 9.91. The highest BCUT2D eigenvalue weighted by molar-refractivity contribution is 9.10. The third-order valence-corrected chi connectivity index (χ3v) is 6.85. The Hall–Kier alpha value is -3.45. The highest BCUT2D eigenvalue weighted by Gasteiger charge is 2.37. The van der Waals surface area contributed by atoms with Gasteiger partial charge in [-0.15, -0.1) is 0 Å². The van der Waals surface area contributed by atoms with Crippen LogP contribution in [0.2, 0.25) is 0 Å². The minimum Gasteiger partial charge on any atom is -0.438 e. The largest absolute Gasteiger partial charge is 0.438 e. The number of hydrogen-bond acceptors (Lipinski definition) is 7. The fraction of sp³-hybridized carbons (Fsp3) is 0.174. The zero-order valence-corrected chi connectivity index (χ0v) is 21.6. The molecule has 3 rings (SSSR count). The molecule has 1 aromatic heterocycles. The quantitative estimate of drug-likeness (QED) is 0.289. The molecule has 0 saturated heterocycles. The predicted molar refractivity (Wildman–Crippen MR) is 135 cm³/mol. The van der Waals surface area contributed by atoms with Crippen LogP contribution >= 0.6 is 15.9 Å². The Bertz CT molecular complexity index is 1420. The van der Waals surface area contributed by atoms with Crippen LogP contribution in [-0.2, 0) is 16.2 Å². The lowest BCUT2D eigenvalue weighted by Gasteiger charge is -2.16. The molecule has 13 heteroatoms. The lowest BCUT2D eigenvalue weighted by atomic mass is 10.00. The number of rotatable bonds is 8. The van der Waals surface area contributed by atoms with Crippen molar-refractivity contribution in [2.45, 2.75) is 20.0 Å². The second-order valence-corrected chi connectivity index (χ2v) is 10.0. The summed E-state index contributed by atoms with van der Waals surface area (Å²) >= 11 is 2.90. The Labute approximate surface area is 214 Å². The predicted octanol–water partition coefficient (Wildman–Crippen LogP) is 5.79. The number of aryl methyl sites for hydroxylation is 2. The summed E-state index contributed by atoms with van der Waals surface area (Å²) in [6, 6.07) is 10.5. The van der Waals surface area contributed by atoms with E-state index in [0.29, 0.717) is 11.8 Å². The van der Waals surface area contributed by atoms with Crippen LogP contribution < -0.4 is 14.8 Å². The average Bonchev–Trinajstić information content (AvgIpc) is 2.76. The molecule has 1 heterocycles. The van der Waals surface area contributed by atoms with Gasteiger partial charge in [-0.25, -0.2) is 18.1 Å². The maximum Gasteiger partial charge on any atom is 0.421 e. The summed E-state index contributed by atoms with van der Waals surface area (Å²) in [4.78, 5) is 7.86. The lowest BCUT2D eigenvalue weighted by molar-refractivity contribution is -0.139. The second-order valence-electron chi connectivity index (χ2n) is 7.48. The molecule has 36 heavy (non-hydrogen) atoms. The summed E-state index contributed by atoms with van der Waals surface area (Å²) in [7, 11) is -2.84. The van der Waals surface area contributed by atoms with Crippen molar-refractivity contribution in [1.29, 1.82) is 5.41 Å². The molecule has 0 saturated carbocycles. The SMILES string of the molecule is CN/C=C(\C=N)S(=O)(=O)Nc1nc(Oc2cccc(Br)c2C(F)(F)F)cc(-c2c(C)cccc2C)n1. The van der Waals surface area contributed by atoms with Gasteiger partial charge in [-0.3, -0.25) is 0 Å². The molecule has 2 aromatic carbocycles. The maximum absolute atomic E-state index is 13.7. The van der Waals surface area contributed by atoms with Crippen molar-refractivity contribution < 1.29 is 26.3 Å². The van der Waals surface area contributed by atoms with Gasteiger partial charge in [0.15, 0.2) is 0 Å². The molecule has 0 amide bonds. The van der Waals surface area contributed by atoms with Crippen LogP contribution in [0.15, 0.2) is 58.0 Å². The van der Waals surface area contributed by atoms with E-state index in [4.69, 9.17) is 10.1 Å². The molecule has 0 aliphatic carbocycles. The summed E-state index contributed by atoms with van der Waals surface area (Å²) in [5.41, 5.74) is 1.39. The molecular weight excluding hydrogens is 563 g/mol. The van der Waals surface area contributed by atoms with E-state index >= 15 is 0 Å². The van der Waals surface area contributed by atoms with Crippen LogP contribution in [0, 0.1) is 19.3 Å². The highest BCUT2D eigenvalue weighted by atomic mass is 79.9. The number of ether oxygens (including phenoxy) is 1. The van der Waals surface area contributed by atoms with Gasteiger partial charge >= 0.3 is 6.18 Å². The number of anilines is 1. The fourth-order valence-corrected chi connectivity index (χ4v) is 4.82.